The Morgan fingerprint density at radius 1 is 1.42 bits per heavy atom. The first-order valence-electron chi connectivity index (χ1n) is 9.42. The Morgan fingerprint density at radius 2 is 2.12 bits per heavy atom. The predicted molar refractivity (Wildman–Crippen MR) is 112 cm³/mol. The van der Waals surface area contributed by atoms with E-state index in [-0.39, 0.29) is 24.6 Å². The van der Waals surface area contributed by atoms with Crippen LogP contribution in [0.15, 0.2) is 46.0 Å². The molecule has 0 radical (unpaired) electrons. The van der Waals surface area contributed by atoms with E-state index in [4.69, 9.17) is 21.9 Å². The van der Waals surface area contributed by atoms with Gasteiger partial charge in [-0.05, 0) is 19.1 Å². The number of amidine groups is 1. The van der Waals surface area contributed by atoms with Crippen molar-refractivity contribution in [1.82, 2.24) is 4.98 Å². The highest BCUT2D eigenvalue weighted by atomic mass is 19.3. The fraction of sp³-hybridized carbons (Fsp3) is 0.368. The highest BCUT2D eigenvalue weighted by Crippen LogP contribution is 2.43. The number of ether oxygens (including phenoxy) is 2. The van der Waals surface area contributed by atoms with Crippen molar-refractivity contribution in [2.75, 3.05) is 25.2 Å². The number of rotatable bonds is 9. The minimum absolute atomic E-state index is 0.00215. The first-order valence-corrected chi connectivity index (χ1v) is 9.42. The Hall–Kier alpha value is -3.84. The lowest BCUT2D eigenvalue weighted by atomic mass is 9.89. The molecule has 1 amide bonds. The lowest BCUT2D eigenvalue weighted by Gasteiger charge is -2.36. The Morgan fingerprint density at radius 3 is 2.76 bits per heavy atom. The average Bonchev–Trinajstić information content (AvgIpc) is 2.72. The number of hydrogen-bond donors (Lipinski definition) is 4. The van der Waals surface area contributed by atoms with Gasteiger partial charge in [-0.1, -0.05) is 6.58 Å². The van der Waals surface area contributed by atoms with Crippen LogP contribution < -0.4 is 22.5 Å². The number of carbonyl (C=O) groups excluding carboxylic acids is 1. The van der Waals surface area contributed by atoms with Crippen molar-refractivity contribution in [2.24, 2.45) is 27.2 Å². The van der Waals surface area contributed by atoms with Crippen LogP contribution in [-0.2, 0) is 19.8 Å². The van der Waals surface area contributed by atoms with E-state index < -0.39 is 59.7 Å². The molecule has 1 aromatic heterocycles. The predicted octanol–water partition coefficient (Wildman–Crippen LogP) is 1.40. The molecule has 0 fully saturated rings. The molecule has 10 nitrogen and oxygen atoms in total. The first-order chi connectivity index (χ1) is 15.4. The normalized spacial score (nSPS) is 19.4. The van der Waals surface area contributed by atoms with Gasteiger partial charge in [0, 0.05) is 6.42 Å². The number of anilines is 1. The molecule has 0 aromatic carbocycles. The number of hydrogen-bond acceptors (Lipinski definition) is 9. The standard InChI is InChI=1S/C19H23F4N7O3/c1-10(32-7-3-6-20)8-27-13(15(24)25)16(31)29-12-5-4-11(21)14(28-12)18(2)19(22,23)9-33-17(26)30-18/h4-5,8H,1,3,6-7,9,24-25H2,2H3,(H2,26,30)(H,28,29,31)/b27-8-/t18-/m1/s1. The van der Waals surface area contributed by atoms with Crippen LogP contribution in [0.2, 0.25) is 0 Å². The maximum absolute atomic E-state index is 14.5. The van der Waals surface area contributed by atoms with E-state index in [1.54, 1.807) is 0 Å². The summed E-state index contributed by atoms with van der Waals surface area (Å²) in [5.41, 5.74) is 12.6. The summed E-state index contributed by atoms with van der Waals surface area (Å²) in [5, 5.41) is 2.24. The molecule has 7 N–H and O–H groups in total. The van der Waals surface area contributed by atoms with E-state index in [1.807, 2.05) is 0 Å². The number of pyridine rings is 1. The zero-order valence-electron chi connectivity index (χ0n) is 17.6. The maximum Gasteiger partial charge on any atom is 0.311 e. The number of aromatic nitrogens is 1. The van der Waals surface area contributed by atoms with E-state index >= 15 is 0 Å². The summed E-state index contributed by atoms with van der Waals surface area (Å²) in [6.45, 7) is 2.76. The second-order valence-electron chi connectivity index (χ2n) is 6.92. The number of carbonyl (C=O) groups is 1. The molecule has 1 atom stereocenters. The van der Waals surface area contributed by atoms with E-state index in [9.17, 15) is 22.4 Å². The molecule has 0 saturated carbocycles. The van der Waals surface area contributed by atoms with Gasteiger partial charge in [0.2, 0.25) is 0 Å². The van der Waals surface area contributed by atoms with Crippen molar-refractivity contribution in [1.29, 1.82) is 0 Å². The quantitative estimate of drug-likeness (QED) is 0.138. The molecule has 0 bridgehead atoms. The van der Waals surface area contributed by atoms with Crippen LogP contribution in [0.3, 0.4) is 0 Å². The lowest BCUT2D eigenvalue weighted by molar-refractivity contribution is -0.118. The number of allylic oxidation sites excluding steroid dienone is 1. The van der Waals surface area contributed by atoms with Crippen molar-refractivity contribution in [3.8, 4) is 0 Å². The summed E-state index contributed by atoms with van der Waals surface area (Å²) in [6.07, 6.45) is 1.16. The molecule has 33 heavy (non-hydrogen) atoms. The van der Waals surface area contributed by atoms with Crippen LogP contribution in [0.5, 0.6) is 0 Å². The van der Waals surface area contributed by atoms with Crippen LogP contribution in [-0.4, -0.2) is 48.9 Å². The fourth-order valence-corrected chi connectivity index (χ4v) is 2.59. The minimum Gasteiger partial charge on any atom is -0.493 e. The van der Waals surface area contributed by atoms with Crippen LogP contribution in [0.4, 0.5) is 23.4 Å². The number of nitrogens with zero attached hydrogens (tertiary/aromatic N) is 3. The zero-order chi connectivity index (χ0) is 24.8. The van der Waals surface area contributed by atoms with Crippen LogP contribution >= 0.6 is 0 Å². The monoisotopic (exact) mass is 473 g/mol. The molecule has 2 rings (SSSR count). The molecule has 2 heterocycles. The largest absolute Gasteiger partial charge is 0.493 e. The minimum atomic E-state index is -3.66. The summed E-state index contributed by atoms with van der Waals surface area (Å²) in [4.78, 5) is 23.7. The van der Waals surface area contributed by atoms with Crippen molar-refractivity contribution < 1.29 is 31.8 Å². The SMILES string of the molecule is C=C(/C=N\C(C(=O)Nc1ccc(F)c([C@@]2(C)N=C(N)OCC2(F)F)n1)=C(N)N)OCCCF. The van der Waals surface area contributed by atoms with Gasteiger partial charge in [0.15, 0.2) is 17.8 Å². The van der Waals surface area contributed by atoms with Crippen LogP contribution in [0.1, 0.15) is 19.0 Å². The van der Waals surface area contributed by atoms with Crippen molar-refractivity contribution in [3.05, 3.63) is 47.5 Å². The molecule has 1 aliphatic rings. The number of nitrogens with two attached hydrogens (primary N) is 3. The van der Waals surface area contributed by atoms with E-state index in [0.29, 0.717) is 0 Å². The lowest BCUT2D eigenvalue weighted by Crippen LogP contribution is -2.51. The van der Waals surface area contributed by atoms with Gasteiger partial charge in [0.1, 0.15) is 28.9 Å². The number of halogens is 4. The number of aliphatic imine (C=N–C) groups is 2. The number of nitrogens with one attached hydrogen (secondary N) is 1. The summed E-state index contributed by atoms with van der Waals surface area (Å²) >= 11 is 0. The Balaban J connectivity index is 2.28. The van der Waals surface area contributed by atoms with E-state index in [2.05, 4.69) is 31.6 Å². The smallest absolute Gasteiger partial charge is 0.311 e. The molecular weight excluding hydrogens is 450 g/mol. The van der Waals surface area contributed by atoms with Gasteiger partial charge < -0.3 is 32.0 Å². The Labute approximate surface area is 186 Å². The van der Waals surface area contributed by atoms with E-state index in [0.717, 1.165) is 25.3 Å². The highest BCUT2D eigenvalue weighted by Gasteiger charge is 2.57. The topological polar surface area (TPSA) is 163 Å². The van der Waals surface area contributed by atoms with Crippen LogP contribution in [0, 0.1) is 5.82 Å². The van der Waals surface area contributed by atoms with Crippen molar-refractivity contribution in [3.63, 3.8) is 0 Å². The van der Waals surface area contributed by atoms with Crippen molar-refractivity contribution >= 4 is 24.0 Å². The Bertz CT molecular complexity index is 1010. The molecule has 14 heteroatoms. The van der Waals surface area contributed by atoms with Gasteiger partial charge in [-0.15, -0.1) is 0 Å². The molecule has 0 unspecified atom stereocenters. The third kappa shape index (κ3) is 5.90. The Kier molecular flexibility index (Phi) is 7.85. The summed E-state index contributed by atoms with van der Waals surface area (Å²) in [5.74, 6) is -6.57. The molecule has 0 spiro atoms. The third-order valence-corrected chi connectivity index (χ3v) is 4.39. The van der Waals surface area contributed by atoms with Gasteiger partial charge in [-0.25, -0.2) is 19.4 Å². The molecule has 0 saturated heterocycles. The summed E-state index contributed by atoms with van der Waals surface area (Å²) in [6, 6.07) is 1.28. The van der Waals surface area contributed by atoms with Gasteiger partial charge in [-0.3, -0.25) is 9.18 Å². The van der Waals surface area contributed by atoms with Gasteiger partial charge in [0.05, 0.1) is 19.5 Å². The second kappa shape index (κ2) is 10.2. The third-order valence-electron chi connectivity index (χ3n) is 4.39. The molecule has 180 valence electrons. The molecular formula is C19H23F4N7O3. The zero-order valence-corrected chi connectivity index (χ0v) is 17.6. The van der Waals surface area contributed by atoms with Gasteiger partial charge in [0.25, 0.3) is 11.9 Å². The van der Waals surface area contributed by atoms with Gasteiger partial charge in [-0.2, -0.15) is 8.78 Å². The van der Waals surface area contributed by atoms with Crippen molar-refractivity contribution in [2.45, 2.75) is 24.8 Å². The first kappa shape index (κ1) is 25.4. The molecule has 1 aliphatic heterocycles. The average molecular weight is 473 g/mol. The van der Waals surface area contributed by atoms with Gasteiger partial charge >= 0.3 is 5.92 Å². The van der Waals surface area contributed by atoms with Crippen LogP contribution in [0.25, 0.3) is 0 Å². The number of amides is 1. The maximum atomic E-state index is 14.5. The highest BCUT2D eigenvalue weighted by molar-refractivity contribution is 6.04. The number of alkyl halides is 3. The second-order valence-corrected chi connectivity index (χ2v) is 6.92. The molecule has 1 aromatic rings. The fourth-order valence-electron chi connectivity index (χ4n) is 2.59. The summed E-state index contributed by atoms with van der Waals surface area (Å²) < 4.78 is 65.2. The molecule has 0 aliphatic carbocycles. The summed E-state index contributed by atoms with van der Waals surface area (Å²) in [7, 11) is 0. The van der Waals surface area contributed by atoms with E-state index in [1.165, 1.54) is 0 Å².